The second-order valence-electron chi connectivity index (χ2n) is 6.13. The van der Waals surface area contributed by atoms with Crippen molar-refractivity contribution in [3.63, 3.8) is 0 Å². The van der Waals surface area contributed by atoms with Crippen LogP contribution in [0.4, 0.5) is 13.2 Å². The molecule has 21 heavy (non-hydrogen) atoms. The second kappa shape index (κ2) is 6.52. The van der Waals surface area contributed by atoms with Gasteiger partial charge in [-0.05, 0) is 25.7 Å². The lowest BCUT2D eigenvalue weighted by Gasteiger charge is -2.40. The van der Waals surface area contributed by atoms with Crippen molar-refractivity contribution in [1.29, 1.82) is 0 Å². The van der Waals surface area contributed by atoms with Gasteiger partial charge in [0.2, 0.25) is 5.91 Å². The number of hydrogen-bond donors (Lipinski definition) is 2. The minimum absolute atomic E-state index is 0.0420. The Kier molecular flexibility index (Phi) is 5.14. The van der Waals surface area contributed by atoms with Crippen molar-refractivity contribution < 1.29 is 22.7 Å². The van der Waals surface area contributed by atoms with Gasteiger partial charge in [0.25, 0.3) is 0 Å². The number of hydrogen-bond acceptors (Lipinski definition) is 3. The molecule has 7 heteroatoms. The van der Waals surface area contributed by atoms with Crippen LogP contribution in [0.3, 0.4) is 0 Å². The molecule has 122 valence electrons. The summed E-state index contributed by atoms with van der Waals surface area (Å²) in [7, 11) is 0. The van der Waals surface area contributed by atoms with Crippen LogP contribution in [-0.4, -0.2) is 37.4 Å². The summed E-state index contributed by atoms with van der Waals surface area (Å²) in [5.74, 6) is -3.00. The highest BCUT2D eigenvalue weighted by atomic mass is 19.4. The maximum atomic E-state index is 13.1. The van der Waals surface area contributed by atoms with E-state index in [0.29, 0.717) is 45.3 Å². The van der Waals surface area contributed by atoms with Crippen molar-refractivity contribution in [1.82, 2.24) is 5.32 Å². The van der Waals surface area contributed by atoms with Gasteiger partial charge in [0.05, 0.1) is 11.5 Å². The molecule has 1 aliphatic heterocycles. The first kappa shape index (κ1) is 16.5. The molecule has 1 amide bonds. The van der Waals surface area contributed by atoms with Crippen molar-refractivity contribution >= 4 is 5.91 Å². The van der Waals surface area contributed by atoms with Crippen LogP contribution in [0.15, 0.2) is 0 Å². The van der Waals surface area contributed by atoms with E-state index in [9.17, 15) is 18.0 Å². The third kappa shape index (κ3) is 3.88. The Balaban J connectivity index is 2.06. The summed E-state index contributed by atoms with van der Waals surface area (Å²) in [5.41, 5.74) is 5.14. The average Bonchev–Trinajstić information content (AvgIpc) is 2.47. The van der Waals surface area contributed by atoms with Crippen LogP contribution in [0.5, 0.6) is 0 Å². The molecule has 2 unspecified atom stereocenters. The maximum Gasteiger partial charge on any atom is 0.392 e. The average molecular weight is 308 g/mol. The Bertz CT molecular complexity index is 368. The van der Waals surface area contributed by atoms with Crippen LogP contribution in [0, 0.1) is 11.8 Å². The summed E-state index contributed by atoms with van der Waals surface area (Å²) in [6.45, 7) is 1.18. The summed E-state index contributed by atoms with van der Waals surface area (Å²) in [6, 6.07) is 0. The summed E-state index contributed by atoms with van der Waals surface area (Å²) >= 11 is 0. The van der Waals surface area contributed by atoms with Crippen molar-refractivity contribution in [2.45, 2.75) is 50.2 Å². The molecule has 2 rings (SSSR count). The Morgan fingerprint density at radius 1 is 1.24 bits per heavy atom. The van der Waals surface area contributed by atoms with Crippen molar-refractivity contribution in [3.05, 3.63) is 0 Å². The molecule has 0 aromatic carbocycles. The molecule has 1 aliphatic carbocycles. The zero-order valence-corrected chi connectivity index (χ0v) is 12.0. The number of ether oxygens (including phenoxy) is 1. The molecule has 0 aromatic rings. The van der Waals surface area contributed by atoms with E-state index in [2.05, 4.69) is 5.32 Å². The van der Waals surface area contributed by atoms with Crippen LogP contribution in [0.25, 0.3) is 0 Å². The summed E-state index contributed by atoms with van der Waals surface area (Å²) in [5, 5.41) is 2.81. The predicted molar refractivity (Wildman–Crippen MR) is 71.5 cm³/mol. The molecule has 0 spiro atoms. The number of carbonyl (C=O) groups is 1. The molecule has 2 fully saturated rings. The Morgan fingerprint density at radius 3 is 2.43 bits per heavy atom. The first-order valence-corrected chi connectivity index (χ1v) is 7.54. The Morgan fingerprint density at radius 2 is 1.86 bits per heavy atom. The van der Waals surface area contributed by atoms with Crippen molar-refractivity contribution in [3.8, 4) is 0 Å². The summed E-state index contributed by atoms with van der Waals surface area (Å²) < 4.78 is 44.5. The topological polar surface area (TPSA) is 64.3 Å². The summed E-state index contributed by atoms with van der Waals surface area (Å²) in [4.78, 5) is 12.4. The molecule has 0 aromatic heterocycles. The second-order valence-corrected chi connectivity index (χ2v) is 6.13. The molecular formula is C14H23F3N2O2. The predicted octanol–water partition coefficient (Wildman–Crippen LogP) is 1.98. The van der Waals surface area contributed by atoms with Gasteiger partial charge in [0.1, 0.15) is 0 Å². The monoisotopic (exact) mass is 308 g/mol. The van der Waals surface area contributed by atoms with Crippen LogP contribution >= 0.6 is 0 Å². The molecular weight excluding hydrogens is 285 g/mol. The fourth-order valence-corrected chi connectivity index (χ4v) is 3.33. The van der Waals surface area contributed by atoms with Gasteiger partial charge in [-0.15, -0.1) is 0 Å². The minimum atomic E-state index is -4.31. The fourth-order valence-electron chi connectivity index (χ4n) is 3.33. The third-order valence-electron chi connectivity index (χ3n) is 4.75. The van der Waals surface area contributed by atoms with Crippen LogP contribution < -0.4 is 11.1 Å². The van der Waals surface area contributed by atoms with Gasteiger partial charge in [-0.2, -0.15) is 13.2 Å². The first-order chi connectivity index (χ1) is 9.88. The molecule has 0 radical (unpaired) electrons. The molecule has 1 heterocycles. The minimum Gasteiger partial charge on any atom is -0.381 e. The van der Waals surface area contributed by atoms with E-state index in [-0.39, 0.29) is 13.0 Å². The van der Waals surface area contributed by atoms with E-state index in [0.717, 1.165) is 0 Å². The highest BCUT2D eigenvalue weighted by Gasteiger charge is 2.49. The quantitative estimate of drug-likeness (QED) is 0.838. The first-order valence-electron chi connectivity index (χ1n) is 7.54. The SMILES string of the molecule is NCC1(NC(=O)C2CCCCC2C(F)(F)F)CCOCC1. The van der Waals surface area contributed by atoms with Gasteiger partial charge >= 0.3 is 6.18 Å². The van der Waals surface area contributed by atoms with E-state index in [1.807, 2.05) is 0 Å². The van der Waals surface area contributed by atoms with Gasteiger partial charge < -0.3 is 15.8 Å². The van der Waals surface area contributed by atoms with E-state index in [1.165, 1.54) is 0 Å². The lowest BCUT2D eigenvalue weighted by molar-refractivity contribution is -0.198. The van der Waals surface area contributed by atoms with Gasteiger partial charge in [-0.25, -0.2) is 0 Å². The molecule has 1 saturated heterocycles. The normalized spacial score (nSPS) is 29.9. The molecule has 2 aliphatic rings. The Labute approximate surface area is 122 Å². The van der Waals surface area contributed by atoms with Gasteiger partial charge in [0, 0.05) is 25.7 Å². The van der Waals surface area contributed by atoms with Crippen LogP contribution in [0.2, 0.25) is 0 Å². The largest absolute Gasteiger partial charge is 0.392 e. The molecule has 3 N–H and O–H groups in total. The number of carbonyl (C=O) groups excluding carboxylic acids is 1. The Hall–Kier alpha value is -0.820. The number of nitrogens with one attached hydrogen (secondary N) is 1. The zero-order valence-electron chi connectivity index (χ0n) is 12.0. The number of amides is 1. The summed E-state index contributed by atoms with van der Waals surface area (Å²) in [6.07, 6.45) is -1.66. The zero-order chi connectivity index (χ0) is 15.5. The van der Waals surface area contributed by atoms with Crippen LogP contribution in [-0.2, 0) is 9.53 Å². The van der Waals surface area contributed by atoms with Gasteiger partial charge in [-0.3, -0.25) is 4.79 Å². The van der Waals surface area contributed by atoms with E-state index in [1.54, 1.807) is 0 Å². The number of rotatable bonds is 3. The maximum absolute atomic E-state index is 13.1. The van der Waals surface area contributed by atoms with Crippen molar-refractivity contribution in [2.24, 2.45) is 17.6 Å². The van der Waals surface area contributed by atoms with E-state index < -0.39 is 29.5 Å². The lowest BCUT2D eigenvalue weighted by atomic mass is 9.77. The molecule has 0 bridgehead atoms. The van der Waals surface area contributed by atoms with Crippen molar-refractivity contribution in [2.75, 3.05) is 19.8 Å². The molecule has 2 atom stereocenters. The fraction of sp³-hybridized carbons (Fsp3) is 0.929. The highest BCUT2D eigenvalue weighted by molar-refractivity contribution is 5.80. The van der Waals surface area contributed by atoms with Gasteiger partial charge in [0.15, 0.2) is 0 Å². The van der Waals surface area contributed by atoms with E-state index >= 15 is 0 Å². The van der Waals surface area contributed by atoms with E-state index in [4.69, 9.17) is 10.5 Å². The molecule has 4 nitrogen and oxygen atoms in total. The highest BCUT2D eigenvalue weighted by Crippen LogP contribution is 2.41. The smallest absolute Gasteiger partial charge is 0.381 e. The van der Waals surface area contributed by atoms with Gasteiger partial charge in [-0.1, -0.05) is 12.8 Å². The number of nitrogens with two attached hydrogens (primary N) is 1. The lowest BCUT2D eigenvalue weighted by Crippen LogP contribution is -2.59. The van der Waals surface area contributed by atoms with Crippen LogP contribution in [0.1, 0.15) is 38.5 Å². The number of halogens is 3. The molecule has 1 saturated carbocycles. The third-order valence-corrected chi connectivity index (χ3v) is 4.75. The standard InChI is InChI=1S/C14H23F3N2O2/c15-14(16,17)11-4-2-1-3-10(11)12(20)19-13(9-18)5-7-21-8-6-13/h10-11H,1-9,18H2,(H,19,20). The number of alkyl halides is 3.